The van der Waals surface area contributed by atoms with Gasteiger partial charge >= 0.3 is 0 Å². The highest BCUT2D eigenvalue weighted by atomic mass is 19.1. The van der Waals surface area contributed by atoms with Gasteiger partial charge in [0.15, 0.2) is 0 Å². The van der Waals surface area contributed by atoms with Crippen LogP contribution in [0.15, 0.2) is 48.5 Å². The number of carbonyl (C=O) groups excluding carboxylic acids is 1. The van der Waals surface area contributed by atoms with Crippen LogP contribution in [-0.2, 0) is 17.8 Å². The number of hydrogen-bond acceptors (Lipinski definition) is 3. The summed E-state index contributed by atoms with van der Waals surface area (Å²) in [5, 5.41) is 21.7. The van der Waals surface area contributed by atoms with Gasteiger partial charge in [0.1, 0.15) is 11.4 Å². The lowest BCUT2D eigenvalue weighted by Gasteiger charge is -2.22. The number of benzene rings is 2. The maximum absolute atomic E-state index is 13.7. The third-order valence-corrected chi connectivity index (χ3v) is 3.85. The number of aryl methyl sites for hydroxylation is 1. The minimum atomic E-state index is -1.56. The molecule has 5 heteroatoms. The van der Waals surface area contributed by atoms with Crippen LogP contribution < -0.4 is 5.32 Å². The van der Waals surface area contributed by atoms with Crippen LogP contribution in [0.4, 0.5) is 4.39 Å². The molecule has 0 bridgehead atoms. The Morgan fingerprint density at radius 3 is 2.67 bits per heavy atom. The van der Waals surface area contributed by atoms with Crippen molar-refractivity contribution in [3.63, 3.8) is 0 Å². The first kappa shape index (κ1) is 17.6. The lowest BCUT2D eigenvalue weighted by atomic mass is 9.96. The smallest absolute Gasteiger partial charge is 0.251 e. The van der Waals surface area contributed by atoms with E-state index in [0.717, 1.165) is 5.56 Å². The number of carbonyl (C=O) groups is 1. The fourth-order valence-electron chi connectivity index (χ4n) is 2.29. The molecule has 1 amide bonds. The number of nitriles is 1. The standard InChI is InChI=1S/C19H19FN2O2/c1-19(24,10-9-14-5-3-2-4-6-14)18(23)22-13-16-11-15(12-21)7-8-17(16)20/h2-8,11,24H,9-10,13H2,1H3,(H,22,23)/t19-/m1/s1. The molecule has 2 aromatic rings. The average molecular weight is 326 g/mol. The van der Waals surface area contributed by atoms with E-state index < -0.39 is 17.3 Å². The van der Waals surface area contributed by atoms with Gasteiger partial charge in [0.25, 0.3) is 5.91 Å². The summed E-state index contributed by atoms with van der Waals surface area (Å²) in [6.45, 7) is 1.36. The van der Waals surface area contributed by atoms with Gasteiger partial charge in [0.2, 0.25) is 0 Å². The van der Waals surface area contributed by atoms with E-state index in [4.69, 9.17) is 5.26 Å². The van der Waals surface area contributed by atoms with Crippen molar-refractivity contribution in [2.24, 2.45) is 0 Å². The fraction of sp³-hybridized carbons (Fsp3) is 0.263. The fourth-order valence-corrected chi connectivity index (χ4v) is 2.29. The minimum absolute atomic E-state index is 0.0817. The van der Waals surface area contributed by atoms with E-state index in [1.807, 2.05) is 36.4 Å². The van der Waals surface area contributed by atoms with E-state index >= 15 is 0 Å². The van der Waals surface area contributed by atoms with Crippen LogP contribution in [0.5, 0.6) is 0 Å². The Morgan fingerprint density at radius 2 is 2.00 bits per heavy atom. The third-order valence-electron chi connectivity index (χ3n) is 3.85. The lowest BCUT2D eigenvalue weighted by Crippen LogP contribution is -2.44. The number of nitrogens with one attached hydrogen (secondary N) is 1. The van der Waals surface area contributed by atoms with Crippen LogP contribution in [0.1, 0.15) is 30.0 Å². The molecular formula is C19H19FN2O2. The number of nitrogens with zero attached hydrogens (tertiary/aromatic N) is 1. The van der Waals surface area contributed by atoms with E-state index in [0.29, 0.717) is 12.0 Å². The maximum Gasteiger partial charge on any atom is 0.251 e. The predicted octanol–water partition coefficient (Wildman–Crippen LogP) is 2.70. The summed E-state index contributed by atoms with van der Waals surface area (Å²) in [4.78, 5) is 12.2. The Labute approximate surface area is 140 Å². The molecule has 0 aromatic heterocycles. The Balaban J connectivity index is 1.94. The van der Waals surface area contributed by atoms with Crippen molar-refractivity contribution < 1.29 is 14.3 Å². The van der Waals surface area contributed by atoms with Gasteiger partial charge in [-0.1, -0.05) is 30.3 Å². The van der Waals surface area contributed by atoms with Crippen molar-refractivity contribution in [2.75, 3.05) is 0 Å². The lowest BCUT2D eigenvalue weighted by molar-refractivity contribution is -0.138. The number of amides is 1. The molecule has 2 rings (SSSR count). The molecule has 0 heterocycles. The van der Waals surface area contributed by atoms with Gasteiger partial charge in [-0.3, -0.25) is 4.79 Å². The van der Waals surface area contributed by atoms with Crippen LogP contribution in [0.2, 0.25) is 0 Å². The second-order valence-electron chi connectivity index (χ2n) is 5.86. The van der Waals surface area contributed by atoms with Crippen molar-refractivity contribution in [1.29, 1.82) is 5.26 Å². The van der Waals surface area contributed by atoms with Crippen molar-refractivity contribution in [3.8, 4) is 6.07 Å². The Bertz CT molecular complexity index is 752. The molecule has 0 spiro atoms. The van der Waals surface area contributed by atoms with Crippen molar-refractivity contribution in [2.45, 2.75) is 31.9 Å². The first-order valence-corrected chi connectivity index (χ1v) is 7.65. The maximum atomic E-state index is 13.7. The molecule has 24 heavy (non-hydrogen) atoms. The summed E-state index contributed by atoms with van der Waals surface area (Å²) < 4.78 is 13.7. The van der Waals surface area contributed by atoms with Gasteiger partial charge < -0.3 is 10.4 Å². The molecule has 2 aromatic carbocycles. The van der Waals surface area contributed by atoms with Crippen LogP contribution in [0.25, 0.3) is 0 Å². The Morgan fingerprint density at radius 1 is 1.29 bits per heavy atom. The highest BCUT2D eigenvalue weighted by Crippen LogP contribution is 2.15. The first-order valence-electron chi connectivity index (χ1n) is 7.65. The van der Waals surface area contributed by atoms with Crippen LogP contribution in [0, 0.1) is 17.1 Å². The highest BCUT2D eigenvalue weighted by molar-refractivity contribution is 5.84. The molecule has 0 aliphatic carbocycles. The Hall–Kier alpha value is -2.71. The summed E-state index contributed by atoms with van der Waals surface area (Å²) in [5.74, 6) is -1.07. The second-order valence-corrected chi connectivity index (χ2v) is 5.86. The van der Waals surface area contributed by atoms with Gasteiger partial charge in [0.05, 0.1) is 11.6 Å². The molecule has 0 aliphatic rings. The van der Waals surface area contributed by atoms with E-state index in [-0.39, 0.29) is 18.5 Å². The molecule has 0 saturated carbocycles. The zero-order valence-electron chi connectivity index (χ0n) is 13.4. The van der Waals surface area contributed by atoms with Gasteiger partial charge in [-0.25, -0.2) is 4.39 Å². The van der Waals surface area contributed by atoms with Gasteiger partial charge in [-0.15, -0.1) is 0 Å². The van der Waals surface area contributed by atoms with E-state index in [2.05, 4.69) is 5.32 Å². The summed E-state index contributed by atoms with van der Waals surface area (Å²) in [6.07, 6.45) is 0.809. The molecule has 4 nitrogen and oxygen atoms in total. The first-order chi connectivity index (χ1) is 11.4. The molecule has 0 radical (unpaired) electrons. The van der Waals surface area contributed by atoms with Gasteiger partial charge in [-0.05, 0) is 43.5 Å². The monoisotopic (exact) mass is 326 g/mol. The van der Waals surface area contributed by atoms with Crippen molar-refractivity contribution in [3.05, 3.63) is 71.0 Å². The van der Waals surface area contributed by atoms with E-state index in [9.17, 15) is 14.3 Å². The summed E-state index contributed by atoms with van der Waals surface area (Å²) in [7, 11) is 0. The number of halogens is 1. The minimum Gasteiger partial charge on any atom is -0.380 e. The summed E-state index contributed by atoms with van der Waals surface area (Å²) >= 11 is 0. The largest absolute Gasteiger partial charge is 0.380 e. The number of aliphatic hydroxyl groups is 1. The van der Waals surface area contributed by atoms with E-state index in [1.165, 1.54) is 25.1 Å². The molecule has 124 valence electrons. The molecular weight excluding hydrogens is 307 g/mol. The average Bonchev–Trinajstić information content (AvgIpc) is 2.60. The number of hydrogen-bond donors (Lipinski definition) is 2. The SMILES string of the molecule is C[C@@](O)(CCc1ccccc1)C(=O)NCc1cc(C#N)ccc1F. The van der Waals surface area contributed by atoms with Crippen molar-refractivity contribution >= 4 is 5.91 Å². The predicted molar refractivity (Wildman–Crippen MR) is 88.3 cm³/mol. The van der Waals surface area contributed by atoms with Gasteiger partial charge in [0, 0.05) is 12.1 Å². The van der Waals surface area contributed by atoms with Gasteiger partial charge in [-0.2, -0.15) is 5.26 Å². The highest BCUT2D eigenvalue weighted by Gasteiger charge is 2.29. The van der Waals surface area contributed by atoms with Crippen molar-refractivity contribution in [1.82, 2.24) is 5.32 Å². The molecule has 0 aliphatic heterocycles. The topological polar surface area (TPSA) is 73.1 Å². The Kier molecular flexibility index (Phi) is 5.67. The summed E-state index contributed by atoms with van der Waals surface area (Å²) in [6, 6.07) is 15.4. The number of rotatable bonds is 6. The summed E-state index contributed by atoms with van der Waals surface area (Å²) in [5.41, 5.74) is -0.00446. The van der Waals surface area contributed by atoms with E-state index in [1.54, 1.807) is 0 Å². The quantitative estimate of drug-likeness (QED) is 0.857. The molecule has 0 unspecified atom stereocenters. The zero-order valence-corrected chi connectivity index (χ0v) is 13.4. The molecule has 0 saturated heterocycles. The van der Waals surface area contributed by atoms with Crippen LogP contribution in [0.3, 0.4) is 0 Å². The normalized spacial score (nSPS) is 12.9. The van der Waals surface area contributed by atoms with Crippen LogP contribution in [-0.4, -0.2) is 16.6 Å². The molecule has 0 fully saturated rings. The third kappa shape index (κ3) is 4.64. The molecule has 1 atom stereocenters. The van der Waals surface area contributed by atoms with Crippen LogP contribution >= 0.6 is 0 Å². The molecule has 2 N–H and O–H groups in total. The second kappa shape index (κ2) is 7.71. The zero-order chi connectivity index (χ0) is 17.6.